The molecule has 2 aromatic rings. The number of ether oxygens (including phenoxy) is 1. The van der Waals surface area contributed by atoms with E-state index in [1.807, 2.05) is 18.2 Å². The molecule has 5 rings (SSSR count). The first-order valence-corrected chi connectivity index (χ1v) is 14.2. The van der Waals surface area contributed by atoms with Crippen LogP contribution in [0.3, 0.4) is 0 Å². The van der Waals surface area contributed by atoms with E-state index < -0.39 is 0 Å². The highest BCUT2D eigenvalue weighted by Gasteiger charge is 2.36. The molecule has 0 radical (unpaired) electrons. The molecule has 1 amide bonds. The molecule has 6 nitrogen and oxygen atoms in total. The summed E-state index contributed by atoms with van der Waals surface area (Å²) in [4.78, 5) is 24.9. The van der Waals surface area contributed by atoms with Crippen LogP contribution in [0.5, 0.6) is 0 Å². The van der Waals surface area contributed by atoms with Gasteiger partial charge in [0.05, 0.1) is 23.8 Å². The van der Waals surface area contributed by atoms with E-state index in [1.165, 1.54) is 23.0 Å². The maximum Gasteiger partial charge on any atom is 0.266 e. The summed E-state index contributed by atoms with van der Waals surface area (Å²) in [5.74, 6) is 0.348. The number of aliphatic imine (C=N–C) groups is 1. The highest BCUT2D eigenvalue weighted by molar-refractivity contribution is 8.18. The molecular weight excluding hydrogens is 504 g/mol. The molecule has 3 aliphatic rings. The van der Waals surface area contributed by atoms with Crippen LogP contribution in [0, 0.1) is 0 Å². The minimum absolute atomic E-state index is 0.0631. The average molecular weight is 539 g/mol. The molecule has 3 heterocycles. The number of likely N-dealkylation sites (N-methyl/N-ethyl adjacent to an activating group) is 1. The lowest BCUT2D eigenvalue weighted by Gasteiger charge is -2.47. The Morgan fingerprint density at radius 3 is 2.57 bits per heavy atom. The van der Waals surface area contributed by atoms with E-state index in [-0.39, 0.29) is 11.4 Å². The zero-order chi connectivity index (χ0) is 26.3. The van der Waals surface area contributed by atoms with Gasteiger partial charge in [-0.15, -0.1) is 0 Å². The van der Waals surface area contributed by atoms with Gasteiger partial charge in [-0.3, -0.25) is 9.69 Å². The third-order valence-corrected chi connectivity index (χ3v) is 8.95. The van der Waals surface area contributed by atoms with Crippen molar-refractivity contribution in [1.29, 1.82) is 0 Å². The van der Waals surface area contributed by atoms with Crippen molar-refractivity contribution in [2.45, 2.75) is 45.6 Å². The molecule has 1 atom stereocenters. The molecule has 37 heavy (non-hydrogen) atoms. The fraction of sp³-hybridized carbons (Fsp3) is 0.448. The Morgan fingerprint density at radius 1 is 1.19 bits per heavy atom. The smallest absolute Gasteiger partial charge is 0.266 e. The zero-order valence-corrected chi connectivity index (χ0v) is 23.8. The number of carbonyl (C=O) groups excluding carboxylic acids is 1. The molecule has 2 fully saturated rings. The maximum absolute atomic E-state index is 13.1. The summed E-state index contributed by atoms with van der Waals surface area (Å²) >= 11 is 8.18. The van der Waals surface area contributed by atoms with Crippen molar-refractivity contribution in [3.8, 4) is 0 Å². The number of thioether (sulfide) groups is 1. The summed E-state index contributed by atoms with van der Waals surface area (Å²) in [5.41, 5.74) is 5.43. The molecule has 0 bridgehead atoms. The van der Waals surface area contributed by atoms with Crippen LogP contribution in [0.25, 0.3) is 6.08 Å². The predicted molar refractivity (Wildman–Crippen MR) is 156 cm³/mol. The van der Waals surface area contributed by atoms with Gasteiger partial charge in [-0.25, -0.2) is 4.99 Å². The minimum atomic E-state index is -0.0631. The monoisotopic (exact) mass is 538 g/mol. The SMILES string of the molecule is CCN1c2cc(Cl)c(/C=C3/SC(=Nc4ccc(N5CCOCC5)cc4)N(C)C3=O)cc2C(C)CC1(C)C. The summed E-state index contributed by atoms with van der Waals surface area (Å²) in [7, 11) is 1.77. The fourth-order valence-electron chi connectivity index (χ4n) is 5.69. The van der Waals surface area contributed by atoms with Crippen LogP contribution in [0.4, 0.5) is 17.1 Å². The van der Waals surface area contributed by atoms with Gasteiger partial charge in [0.2, 0.25) is 0 Å². The first-order chi connectivity index (χ1) is 17.7. The fourth-order valence-corrected chi connectivity index (χ4v) is 6.88. The largest absolute Gasteiger partial charge is 0.378 e. The van der Waals surface area contributed by atoms with Crippen LogP contribution in [0.15, 0.2) is 46.3 Å². The Morgan fingerprint density at radius 2 is 1.89 bits per heavy atom. The standard InChI is InChI=1S/C29H35ClN4O2S/c1-6-34-25-17-24(30)20(15-23(25)19(2)18-29(34,3)4)16-26-27(35)32(5)28(37-26)31-21-7-9-22(10-8-21)33-11-13-36-14-12-33/h7-10,15-17,19H,6,11-14,18H2,1-5H3/b26-16+,31-28?. The van der Waals surface area contributed by atoms with Gasteiger partial charge >= 0.3 is 0 Å². The van der Waals surface area contributed by atoms with E-state index in [1.54, 1.807) is 11.9 Å². The highest BCUT2D eigenvalue weighted by atomic mass is 35.5. The van der Waals surface area contributed by atoms with Crippen molar-refractivity contribution < 1.29 is 9.53 Å². The van der Waals surface area contributed by atoms with Gasteiger partial charge in [0.25, 0.3) is 5.91 Å². The zero-order valence-electron chi connectivity index (χ0n) is 22.3. The Labute approximate surface area is 229 Å². The number of hydrogen-bond donors (Lipinski definition) is 0. The lowest BCUT2D eigenvalue weighted by Crippen LogP contribution is -2.48. The number of hydrogen-bond acceptors (Lipinski definition) is 6. The van der Waals surface area contributed by atoms with Gasteiger partial charge in [0.15, 0.2) is 5.17 Å². The third-order valence-electron chi connectivity index (χ3n) is 7.56. The number of fused-ring (bicyclic) bond motifs is 1. The summed E-state index contributed by atoms with van der Waals surface area (Å²) in [6.07, 6.45) is 2.99. The second-order valence-corrected chi connectivity index (χ2v) is 12.0. The van der Waals surface area contributed by atoms with Crippen molar-refractivity contribution >= 4 is 57.6 Å². The van der Waals surface area contributed by atoms with Crippen LogP contribution in [-0.4, -0.2) is 61.4 Å². The summed E-state index contributed by atoms with van der Waals surface area (Å²) in [5, 5.41) is 1.33. The molecule has 0 aromatic heterocycles. The molecule has 0 N–H and O–H groups in total. The van der Waals surface area contributed by atoms with E-state index in [0.29, 0.717) is 21.0 Å². The number of anilines is 2. The van der Waals surface area contributed by atoms with Gasteiger partial charge in [0.1, 0.15) is 0 Å². The van der Waals surface area contributed by atoms with Crippen LogP contribution in [0.1, 0.15) is 51.2 Å². The predicted octanol–water partition coefficient (Wildman–Crippen LogP) is 6.52. The molecule has 1 unspecified atom stereocenters. The molecular formula is C29H35ClN4O2S. The molecule has 8 heteroatoms. The summed E-state index contributed by atoms with van der Waals surface area (Å²) in [6, 6.07) is 12.4. The Bertz CT molecular complexity index is 1250. The number of nitrogens with zero attached hydrogens (tertiary/aromatic N) is 4. The van der Waals surface area contributed by atoms with Gasteiger partial charge in [-0.05, 0) is 98.5 Å². The van der Waals surface area contributed by atoms with Crippen molar-refractivity contribution in [2.75, 3.05) is 49.7 Å². The van der Waals surface area contributed by atoms with Gasteiger partial charge < -0.3 is 14.5 Å². The molecule has 2 aromatic carbocycles. The first-order valence-electron chi connectivity index (χ1n) is 13.0. The van der Waals surface area contributed by atoms with E-state index in [2.05, 4.69) is 61.8 Å². The maximum atomic E-state index is 13.1. The van der Waals surface area contributed by atoms with E-state index >= 15 is 0 Å². The van der Waals surface area contributed by atoms with Crippen LogP contribution < -0.4 is 9.80 Å². The van der Waals surface area contributed by atoms with Crippen molar-refractivity contribution in [3.63, 3.8) is 0 Å². The third kappa shape index (κ3) is 5.14. The number of halogens is 1. The quantitative estimate of drug-likeness (QED) is 0.415. The second kappa shape index (κ2) is 10.4. The first kappa shape index (κ1) is 26.1. The van der Waals surface area contributed by atoms with Crippen molar-refractivity contribution in [2.24, 2.45) is 4.99 Å². The Balaban J connectivity index is 1.40. The molecule has 3 aliphatic heterocycles. The van der Waals surface area contributed by atoms with Gasteiger partial charge in [0, 0.05) is 48.6 Å². The van der Waals surface area contributed by atoms with Crippen LogP contribution >= 0.6 is 23.4 Å². The highest BCUT2D eigenvalue weighted by Crippen LogP contribution is 2.46. The van der Waals surface area contributed by atoms with Crippen molar-refractivity contribution in [3.05, 3.63) is 57.5 Å². The number of carbonyl (C=O) groups is 1. The lowest BCUT2D eigenvalue weighted by atomic mass is 9.79. The normalized spacial score (nSPS) is 23.8. The number of morpholine rings is 1. The van der Waals surface area contributed by atoms with E-state index in [4.69, 9.17) is 21.3 Å². The van der Waals surface area contributed by atoms with Crippen molar-refractivity contribution in [1.82, 2.24) is 4.90 Å². The molecule has 196 valence electrons. The Hall–Kier alpha value is -2.48. The number of amidine groups is 1. The van der Waals surface area contributed by atoms with E-state index in [0.717, 1.165) is 56.2 Å². The van der Waals surface area contributed by atoms with E-state index in [9.17, 15) is 4.79 Å². The molecule has 2 saturated heterocycles. The number of benzene rings is 2. The summed E-state index contributed by atoms with van der Waals surface area (Å²) < 4.78 is 5.45. The second-order valence-electron chi connectivity index (χ2n) is 10.6. The molecule has 0 aliphatic carbocycles. The minimum Gasteiger partial charge on any atom is -0.378 e. The topological polar surface area (TPSA) is 48.4 Å². The lowest BCUT2D eigenvalue weighted by molar-refractivity contribution is -0.121. The summed E-state index contributed by atoms with van der Waals surface area (Å²) in [6.45, 7) is 13.3. The van der Waals surface area contributed by atoms with Crippen LogP contribution in [-0.2, 0) is 9.53 Å². The number of rotatable bonds is 4. The molecule has 0 saturated carbocycles. The average Bonchev–Trinajstić information content (AvgIpc) is 3.13. The number of amides is 1. The van der Waals surface area contributed by atoms with Gasteiger partial charge in [-0.1, -0.05) is 18.5 Å². The Kier molecular flexibility index (Phi) is 7.31. The molecule has 0 spiro atoms. The van der Waals surface area contributed by atoms with Crippen LogP contribution in [0.2, 0.25) is 5.02 Å². The van der Waals surface area contributed by atoms with Gasteiger partial charge in [-0.2, -0.15) is 0 Å².